The average molecular weight is 362 g/mol. The van der Waals surface area contributed by atoms with Crippen LogP contribution in [0.1, 0.15) is 12.8 Å². The summed E-state index contributed by atoms with van der Waals surface area (Å²) in [5, 5.41) is 19.7. The van der Waals surface area contributed by atoms with Gasteiger partial charge in [0.15, 0.2) is 0 Å². The van der Waals surface area contributed by atoms with Gasteiger partial charge in [0, 0.05) is 31.5 Å². The third kappa shape index (κ3) is 2.92. The van der Waals surface area contributed by atoms with E-state index in [0.29, 0.717) is 9.49 Å². The van der Waals surface area contributed by atoms with E-state index >= 15 is 0 Å². The zero-order chi connectivity index (χ0) is 13.1. The number of aliphatic hydroxyl groups is 1. The predicted molar refractivity (Wildman–Crippen MR) is 77.8 cm³/mol. The van der Waals surface area contributed by atoms with Gasteiger partial charge in [-0.25, -0.2) is 0 Å². The summed E-state index contributed by atoms with van der Waals surface area (Å²) in [5.74, 6) is 0.530. The van der Waals surface area contributed by atoms with E-state index in [1.807, 2.05) is 34.7 Å². The third-order valence-electron chi connectivity index (χ3n) is 3.32. The average Bonchev–Trinajstić information content (AvgIpc) is 2.77. The van der Waals surface area contributed by atoms with E-state index in [4.69, 9.17) is 5.11 Å². The van der Waals surface area contributed by atoms with Crippen molar-refractivity contribution in [3.05, 3.63) is 31.9 Å². The van der Waals surface area contributed by atoms with Crippen LogP contribution in [0.5, 0.6) is 0 Å². The van der Waals surface area contributed by atoms with Crippen LogP contribution in [0.25, 0.3) is 0 Å². The summed E-state index contributed by atoms with van der Waals surface area (Å²) in [6.07, 6.45) is 1.91. The molecule has 0 bridgehead atoms. The summed E-state index contributed by atoms with van der Waals surface area (Å²) in [5.41, 5.74) is 1.19. The fourth-order valence-corrected chi connectivity index (χ4v) is 3.02. The minimum Gasteiger partial charge on any atom is -0.396 e. The second-order valence-electron chi connectivity index (χ2n) is 4.51. The summed E-state index contributed by atoms with van der Waals surface area (Å²) in [6.45, 7) is 2.11. The smallest absolute Gasteiger partial charge is 0.282 e. The summed E-state index contributed by atoms with van der Waals surface area (Å²) in [4.78, 5) is 12.6. The molecule has 1 heterocycles. The number of anilines is 1. The van der Waals surface area contributed by atoms with E-state index in [2.05, 4.69) is 4.90 Å². The first kappa shape index (κ1) is 13.5. The van der Waals surface area contributed by atoms with Crippen molar-refractivity contribution in [2.24, 2.45) is 5.92 Å². The zero-order valence-corrected chi connectivity index (χ0v) is 12.0. The van der Waals surface area contributed by atoms with Crippen molar-refractivity contribution in [3.63, 3.8) is 0 Å². The first-order valence-electron chi connectivity index (χ1n) is 5.91. The van der Waals surface area contributed by atoms with Crippen LogP contribution in [0.4, 0.5) is 11.4 Å². The van der Waals surface area contributed by atoms with Crippen molar-refractivity contribution in [1.82, 2.24) is 0 Å². The molecule has 0 radical (unpaired) electrons. The van der Waals surface area contributed by atoms with Crippen molar-refractivity contribution in [2.45, 2.75) is 12.8 Å². The molecular weight excluding hydrogens is 347 g/mol. The van der Waals surface area contributed by atoms with Gasteiger partial charge in [-0.05, 0) is 53.5 Å². The Bertz CT molecular complexity index is 453. The molecule has 1 unspecified atom stereocenters. The largest absolute Gasteiger partial charge is 0.396 e. The fourth-order valence-electron chi connectivity index (χ4n) is 2.33. The van der Waals surface area contributed by atoms with Crippen LogP contribution >= 0.6 is 22.6 Å². The molecule has 1 saturated heterocycles. The van der Waals surface area contributed by atoms with E-state index in [1.165, 1.54) is 0 Å². The normalized spacial score (nSPS) is 19.2. The second kappa shape index (κ2) is 5.83. The molecule has 5 nitrogen and oxygen atoms in total. The number of nitro groups is 1. The number of benzene rings is 1. The van der Waals surface area contributed by atoms with Gasteiger partial charge in [0.05, 0.1) is 8.49 Å². The minimum atomic E-state index is -0.357. The molecule has 98 valence electrons. The van der Waals surface area contributed by atoms with Gasteiger partial charge in [0.25, 0.3) is 5.69 Å². The Morgan fingerprint density at radius 1 is 1.56 bits per heavy atom. The summed E-state index contributed by atoms with van der Waals surface area (Å²) in [6, 6.07) is 5.23. The van der Waals surface area contributed by atoms with Gasteiger partial charge in [-0.15, -0.1) is 0 Å². The molecule has 0 saturated carbocycles. The number of rotatable bonds is 4. The molecule has 0 aromatic heterocycles. The first-order chi connectivity index (χ1) is 8.61. The zero-order valence-electron chi connectivity index (χ0n) is 9.88. The molecule has 1 fully saturated rings. The molecule has 1 aliphatic heterocycles. The molecule has 6 heteroatoms. The monoisotopic (exact) mass is 362 g/mol. The maximum atomic E-state index is 10.8. The standard InChI is InChI=1S/C12H15IN2O3/c13-11-7-10(1-2-12(11)15(17)18)14-5-3-9(8-14)4-6-16/h1-2,7,9,16H,3-6,8H2. The van der Waals surface area contributed by atoms with E-state index in [0.717, 1.165) is 31.6 Å². The molecule has 1 aromatic rings. The Hall–Kier alpha value is -0.890. The van der Waals surface area contributed by atoms with Gasteiger partial charge >= 0.3 is 0 Å². The van der Waals surface area contributed by atoms with Gasteiger partial charge in [-0.2, -0.15) is 0 Å². The fraction of sp³-hybridized carbons (Fsp3) is 0.500. The van der Waals surface area contributed by atoms with Crippen LogP contribution in [0.3, 0.4) is 0 Å². The van der Waals surface area contributed by atoms with Crippen LogP contribution in [0, 0.1) is 19.6 Å². The first-order valence-corrected chi connectivity index (χ1v) is 6.99. The van der Waals surface area contributed by atoms with E-state index in [-0.39, 0.29) is 17.2 Å². The maximum absolute atomic E-state index is 10.8. The van der Waals surface area contributed by atoms with Crippen molar-refractivity contribution in [2.75, 3.05) is 24.6 Å². The molecule has 0 amide bonds. The maximum Gasteiger partial charge on any atom is 0.282 e. The Morgan fingerprint density at radius 3 is 2.94 bits per heavy atom. The van der Waals surface area contributed by atoms with Crippen LogP contribution in [0.2, 0.25) is 0 Å². The molecule has 1 aromatic carbocycles. The Balaban J connectivity index is 2.11. The Labute approximate surface area is 119 Å². The molecule has 1 N–H and O–H groups in total. The van der Waals surface area contributed by atoms with Crippen molar-refractivity contribution in [1.29, 1.82) is 0 Å². The molecule has 1 atom stereocenters. The number of hydrogen-bond donors (Lipinski definition) is 1. The quantitative estimate of drug-likeness (QED) is 0.508. The Morgan fingerprint density at radius 2 is 2.33 bits per heavy atom. The lowest BCUT2D eigenvalue weighted by molar-refractivity contribution is -0.385. The van der Waals surface area contributed by atoms with Crippen molar-refractivity contribution >= 4 is 34.0 Å². The van der Waals surface area contributed by atoms with Gasteiger partial charge in [0.2, 0.25) is 0 Å². The number of hydrogen-bond acceptors (Lipinski definition) is 4. The molecule has 2 rings (SSSR count). The molecule has 1 aliphatic rings. The highest BCUT2D eigenvalue weighted by Gasteiger charge is 2.23. The Kier molecular flexibility index (Phi) is 4.39. The van der Waals surface area contributed by atoms with Crippen molar-refractivity contribution < 1.29 is 10.0 Å². The highest BCUT2D eigenvalue weighted by Crippen LogP contribution is 2.30. The lowest BCUT2D eigenvalue weighted by Crippen LogP contribution is -2.20. The van der Waals surface area contributed by atoms with Crippen LogP contribution in [-0.4, -0.2) is 29.7 Å². The summed E-state index contributed by atoms with van der Waals surface area (Å²) >= 11 is 2.00. The van der Waals surface area contributed by atoms with Gasteiger partial charge in [-0.3, -0.25) is 10.1 Å². The highest BCUT2D eigenvalue weighted by molar-refractivity contribution is 14.1. The minimum absolute atomic E-state index is 0.158. The molecule has 18 heavy (non-hydrogen) atoms. The number of halogens is 1. The lowest BCUT2D eigenvalue weighted by Gasteiger charge is -2.18. The van der Waals surface area contributed by atoms with E-state index < -0.39 is 0 Å². The van der Waals surface area contributed by atoms with Gasteiger partial charge in [-0.1, -0.05) is 0 Å². The summed E-state index contributed by atoms with van der Waals surface area (Å²) in [7, 11) is 0. The van der Waals surface area contributed by atoms with Crippen LogP contribution in [-0.2, 0) is 0 Å². The number of aliphatic hydroxyl groups excluding tert-OH is 1. The van der Waals surface area contributed by atoms with Crippen LogP contribution in [0.15, 0.2) is 18.2 Å². The van der Waals surface area contributed by atoms with Gasteiger partial charge in [0.1, 0.15) is 0 Å². The molecular formula is C12H15IN2O3. The van der Waals surface area contributed by atoms with E-state index in [9.17, 15) is 10.1 Å². The third-order valence-corrected chi connectivity index (χ3v) is 4.18. The SMILES string of the molecule is O=[N+]([O-])c1ccc(N2CCC(CCO)C2)cc1I. The summed E-state index contributed by atoms with van der Waals surface area (Å²) < 4.78 is 0.667. The molecule has 0 aliphatic carbocycles. The number of nitro benzene ring substituents is 1. The predicted octanol–water partition coefficient (Wildman–Crippen LogP) is 2.41. The number of nitrogens with zero attached hydrogens (tertiary/aromatic N) is 2. The highest BCUT2D eigenvalue weighted by atomic mass is 127. The topological polar surface area (TPSA) is 66.6 Å². The molecule has 0 spiro atoms. The van der Waals surface area contributed by atoms with Crippen LogP contribution < -0.4 is 4.90 Å². The van der Waals surface area contributed by atoms with E-state index in [1.54, 1.807) is 6.07 Å². The van der Waals surface area contributed by atoms with Crippen molar-refractivity contribution in [3.8, 4) is 0 Å². The second-order valence-corrected chi connectivity index (χ2v) is 5.67. The van der Waals surface area contributed by atoms with Gasteiger partial charge < -0.3 is 10.0 Å². The lowest BCUT2D eigenvalue weighted by atomic mass is 10.1.